The Kier molecular flexibility index (Phi) is 7.36. The number of amides is 2. The lowest BCUT2D eigenvalue weighted by atomic mass is 10.1. The lowest BCUT2D eigenvalue weighted by Crippen LogP contribution is -2.36. The molecule has 0 aliphatic heterocycles. The number of rotatable bonds is 8. The number of carbonyl (C=O) groups is 2. The monoisotopic (exact) mass is 354 g/mol. The molecule has 2 amide bonds. The maximum absolute atomic E-state index is 12.0. The molecular weight excluding hydrogens is 328 g/mol. The average Bonchev–Trinajstić information content (AvgIpc) is 2.63. The molecule has 0 atom stereocenters. The van der Waals surface area contributed by atoms with Crippen molar-refractivity contribution in [1.29, 1.82) is 0 Å². The normalized spacial score (nSPS) is 10.6. The van der Waals surface area contributed by atoms with Gasteiger partial charge in [-0.3, -0.25) is 9.59 Å². The van der Waals surface area contributed by atoms with Crippen LogP contribution in [0.15, 0.2) is 48.5 Å². The fraction of sp³-hybridized carbons (Fsp3) is 0.333. The second kappa shape index (κ2) is 9.73. The van der Waals surface area contributed by atoms with E-state index in [-0.39, 0.29) is 24.5 Å². The van der Waals surface area contributed by atoms with Gasteiger partial charge in [0.05, 0.1) is 19.3 Å². The molecule has 0 saturated heterocycles. The number of carbonyl (C=O) groups excluding carboxylic acids is 2. The predicted octanol–water partition coefficient (Wildman–Crippen LogP) is 2.97. The van der Waals surface area contributed by atoms with Crippen molar-refractivity contribution in [2.45, 2.75) is 40.0 Å². The molecule has 2 rings (SSSR count). The van der Waals surface area contributed by atoms with Crippen LogP contribution in [0.1, 0.15) is 40.9 Å². The first-order valence-electron chi connectivity index (χ1n) is 8.75. The second-order valence-electron chi connectivity index (χ2n) is 6.51. The molecule has 0 aliphatic carbocycles. The van der Waals surface area contributed by atoms with Gasteiger partial charge in [0.25, 0.3) is 5.91 Å². The first-order chi connectivity index (χ1) is 12.4. The highest BCUT2D eigenvalue weighted by atomic mass is 16.5. The van der Waals surface area contributed by atoms with E-state index in [1.165, 1.54) is 0 Å². The van der Waals surface area contributed by atoms with Crippen LogP contribution in [0.3, 0.4) is 0 Å². The van der Waals surface area contributed by atoms with Crippen molar-refractivity contribution in [2.75, 3.05) is 6.54 Å². The van der Waals surface area contributed by atoms with E-state index in [0.29, 0.717) is 18.7 Å². The summed E-state index contributed by atoms with van der Waals surface area (Å²) in [5.74, 6) is -0.484. The van der Waals surface area contributed by atoms with Crippen LogP contribution < -0.4 is 10.6 Å². The Bertz CT molecular complexity index is 739. The number of benzene rings is 2. The molecule has 0 fully saturated rings. The lowest BCUT2D eigenvalue weighted by Gasteiger charge is -2.10. The minimum atomic E-state index is -0.256. The molecule has 5 nitrogen and oxygen atoms in total. The van der Waals surface area contributed by atoms with E-state index < -0.39 is 0 Å². The SMILES string of the molecule is Cc1ccc(C(=O)NCC(=O)NCc2cccc(COC(C)C)c2)cc1. The van der Waals surface area contributed by atoms with Crippen LogP contribution in [0, 0.1) is 6.92 Å². The Labute approximate surface area is 154 Å². The molecule has 2 aromatic rings. The Balaban J connectivity index is 1.77. The first kappa shape index (κ1) is 19.7. The van der Waals surface area contributed by atoms with Gasteiger partial charge in [0.2, 0.25) is 5.91 Å². The van der Waals surface area contributed by atoms with Gasteiger partial charge in [0.1, 0.15) is 0 Å². The Hall–Kier alpha value is -2.66. The first-order valence-corrected chi connectivity index (χ1v) is 8.75. The second-order valence-corrected chi connectivity index (χ2v) is 6.51. The highest BCUT2D eigenvalue weighted by molar-refractivity contribution is 5.96. The molecule has 0 radical (unpaired) electrons. The number of ether oxygens (including phenoxy) is 1. The summed E-state index contributed by atoms with van der Waals surface area (Å²) in [6.45, 7) is 6.85. The van der Waals surface area contributed by atoms with Crippen molar-refractivity contribution in [1.82, 2.24) is 10.6 Å². The van der Waals surface area contributed by atoms with Gasteiger partial charge in [0, 0.05) is 12.1 Å². The van der Waals surface area contributed by atoms with Crippen LogP contribution in [-0.4, -0.2) is 24.5 Å². The molecule has 0 heterocycles. The average molecular weight is 354 g/mol. The van der Waals surface area contributed by atoms with Crippen LogP contribution in [0.4, 0.5) is 0 Å². The van der Waals surface area contributed by atoms with E-state index in [4.69, 9.17) is 4.74 Å². The molecule has 0 unspecified atom stereocenters. The third-order valence-electron chi connectivity index (χ3n) is 3.79. The number of aryl methyl sites for hydroxylation is 1. The topological polar surface area (TPSA) is 67.4 Å². The summed E-state index contributed by atoms with van der Waals surface area (Å²) in [6, 6.07) is 15.1. The smallest absolute Gasteiger partial charge is 0.251 e. The Morgan fingerprint density at radius 3 is 2.38 bits per heavy atom. The summed E-state index contributed by atoms with van der Waals surface area (Å²) in [5, 5.41) is 5.44. The summed E-state index contributed by atoms with van der Waals surface area (Å²) in [7, 11) is 0. The minimum absolute atomic E-state index is 0.0527. The zero-order valence-corrected chi connectivity index (χ0v) is 15.5. The Morgan fingerprint density at radius 2 is 1.69 bits per heavy atom. The van der Waals surface area contributed by atoms with E-state index in [1.54, 1.807) is 12.1 Å². The quantitative estimate of drug-likeness (QED) is 0.766. The van der Waals surface area contributed by atoms with Crippen molar-refractivity contribution in [3.05, 3.63) is 70.8 Å². The number of hydrogen-bond donors (Lipinski definition) is 2. The molecule has 2 aromatic carbocycles. The molecule has 138 valence electrons. The van der Waals surface area contributed by atoms with Gasteiger partial charge in [-0.15, -0.1) is 0 Å². The summed E-state index contributed by atoms with van der Waals surface area (Å²) in [4.78, 5) is 24.0. The van der Waals surface area contributed by atoms with Gasteiger partial charge in [-0.1, -0.05) is 42.0 Å². The summed E-state index contributed by atoms with van der Waals surface area (Å²) < 4.78 is 5.59. The van der Waals surface area contributed by atoms with Crippen molar-refractivity contribution >= 4 is 11.8 Å². The lowest BCUT2D eigenvalue weighted by molar-refractivity contribution is -0.120. The third-order valence-corrected chi connectivity index (χ3v) is 3.79. The highest BCUT2D eigenvalue weighted by Crippen LogP contribution is 2.08. The van der Waals surface area contributed by atoms with E-state index in [1.807, 2.05) is 57.2 Å². The summed E-state index contributed by atoms with van der Waals surface area (Å²) in [6.07, 6.45) is 0.176. The zero-order chi connectivity index (χ0) is 18.9. The van der Waals surface area contributed by atoms with E-state index in [9.17, 15) is 9.59 Å². The molecule has 26 heavy (non-hydrogen) atoms. The highest BCUT2D eigenvalue weighted by Gasteiger charge is 2.08. The third kappa shape index (κ3) is 6.69. The minimum Gasteiger partial charge on any atom is -0.374 e. The molecule has 2 N–H and O–H groups in total. The number of hydrogen-bond acceptors (Lipinski definition) is 3. The van der Waals surface area contributed by atoms with E-state index >= 15 is 0 Å². The van der Waals surface area contributed by atoms with Gasteiger partial charge in [-0.25, -0.2) is 0 Å². The van der Waals surface area contributed by atoms with Crippen molar-refractivity contribution in [2.24, 2.45) is 0 Å². The van der Waals surface area contributed by atoms with Crippen molar-refractivity contribution < 1.29 is 14.3 Å². The van der Waals surface area contributed by atoms with E-state index in [0.717, 1.165) is 16.7 Å². The van der Waals surface area contributed by atoms with Crippen LogP contribution in [0.2, 0.25) is 0 Å². The molecule has 5 heteroatoms. The fourth-order valence-corrected chi connectivity index (χ4v) is 2.32. The van der Waals surface area contributed by atoms with E-state index in [2.05, 4.69) is 10.6 Å². The molecule has 0 aliphatic rings. The fourth-order valence-electron chi connectivity index (χ4n) is 2.32. The standard InChI is InChI=1S/C21H26N2O3/c1-15(2)26-14-18-6-4-5-17(11-18)12-22-20(24)13-23-21(25)19-9-7-16(3)8-10-19/h4-11,15H,12-14H2,1-3H3,(H,22,24)(H,23,25). The van der Waals surface area contributed by atoms with Gasteiger partial charge in [0.15, 0.2) is 0 Å². The van der Waals surface area contributed by atoms with Crippen LogP contribution in [0.5, 0.6) is 0 Å². The summed E-state index contributed by atoms with van der Waals surface area (Å²) in [5.41, 5.74) is 3.69. The largest absolute Gasteiger partial charge is 0.374 e. The maximum atomic E-state index is 12.0. The number of nitrogens with one attached hydrogen (secondary N) is 2. The molecular formula is C21H26N2O3. The zero-order valence-electron chi connectivity index (χ0n) is 15.5. The van der Waals surface area contributed by atoms with Crippen LogP contribution >= 0.6 is 0 Å². The molecule has 0 aromatic heterocycles. The van der Waals surface area contributed by atoms with Crippen molar-refractivity contribution in [3.8, 4) is 0 Å². The van der Waals surface area contributed by atoms with Gasteiger partial charge >= 0.3 is 0 Å². The molecule has 0 spiro atoms. The van der Waals surface area contributed by atoms with Gasteiger partial charge in [-0.2, -0.15) is 0 Å². The van der Waals surface area contributed by atoms with Crippen LogP contribution in [0.25, 0.3) is 0 Å². The van der Waals surface area contributed by atoms with Crippen molar-refractivity contribution in [3.63, 3.8) is 0 Å². The summed E-state index contributed by atoms with van der Waals surface area (Å²) >= 11 is 0. The predicted molar refractivity (Wildman–Crippen MR) is 102 cm³/mol. The Morgan fingerprint density at radius 1 is 1.00 bits per heavy atom. The maximum Gasteiger partial charge on any atom is 0.251 e. The van der Waals surface area contributed by atoms with Gasteiger partial charge in [-0.05, 0) is 44.0 Å². The molecule has 0 bridgehead atoms. The molecule has 0 saturated carbocycles. The van der Waals surface area contributed by atoms with Crippen LogP contribution in [-0.2, 0) is 22.7 Å². The van der Waals surface area contributed by atoms with Gasteiger partial charge < -0.3 is 15.4 Å².